The Hall–Kier alpha value is -4.54. The fraction of sp³-hybridized carbons (Fsp3) is 0.564. The van der Waals surface area contributed by atoms with Gasteiger partial charge in [0.15, 0.2) is 0 Å². The highest BCUT2D eigenvalue weighted by Gasteiger charge is 2.54. The van der Waals surface area contributed by atoms with Crippen LogP contribution in [0.2, 0.25) is 0 Å². The van der Waals surface area contributed by atoms with Crippen LogP contribution in [0.15, 0.2) is 72.8 Å². The Kier molecular flexibility index (Phi) is 11.8. The van der Waals surface area contributed by atoms with Crippen LogP contribution in [-0.2, 0) is 59.6 Å². The highest BCUT2D eigenvalue weighted by atomic mass is 32.1. The summed E-state index contributed by atoms with van der Waals surface area (Å²) in [6.07, 6.45) is 11.8. The van der Waals surface area contributed by atoms with Crippen LogP contribution in [0.4, 0.5) is 34.1 Å². The van der Waals surface area contributed by atoms with Crippen LogP contribution in [0.3, 0.4) is 0 Å². The number of rotatable bonds is 3. The second-order valence-electron chi connectivity index (χ2n) is 35.5. The van der Waals surface area contributed by atoms with E-state index in [0.717, 1.165) is 0 Å². The van der Waals surface area contributed by atoms with E-state index in [-0.39, 0.29) is 66.3 Å². The molecule has 5 aliphatic carbocycles. The maximum atomic E-state index is 2.91. The van der Waals surface area contributed by atoms with Gasteiger partial charge in [-0.2, -0.15) is 11.3 Å². The molecule has 3 heterocycles. The molecule has 6 aromatic rings. The lowest BCUT2D eigenvalue weighted by atomic mass is 9.35. The van der Waals surface area contributed by atoms with Gasteiger partial charge < -0.3 is 9.80 Å². The largest absolute Gasteiger partial charge is 0.311 e. The Bertz CT molecular complexity index is 3720. The van der Waals surface area contributed by atoms with E-state index in [2.05, 4.69) is 253 Å². The van der Waals surface area contributed by atoms with Crippen molar-refractivity contribution in [3.63, 3.8) is 0 Å². The number of benzene rings is 5. The molecule has 2 nitrogen and oxygen atoms in total. The summed E-state index contributed by atoms with van der Waals surface area (Å²) in [7, 11) is 0. The first kappa shape index (κ1) is 56.6. The summed E-state index contributed by atoms with van der Waals surface area (Å²) in [5.41, 5.74) is 29.6. The highest BCUT2D eigenvalue weighted by molar-refractivity contribution is 7.29. The van der Waals surface area contributed by atoms with Crippen molar-refractivity contribution in [2.75, 3.05) is 9.80 Å². The van der Waals surface area contributed by atoms with Crippen molar-refractivity contribution in [3.05, 3.63) is 133 Å². The average molecular weight is 1110 g/mol. The Balaban J connectivity index is 1.23. The minimum absolute atomic E-state index is 0.00134. The van der Waals surface area contributed by atoms with Crippen molar-refractivity contribution in [2.45, 2.75) is 283 Å². The van der Waals surface area contributed by atoms with Crippen LogP contribution in [0, 0.1) is 0 Å². The third kappa shape index (κ3) is 8.09. The van der Waals surface area contributed by atoms with Crippen molar-refractivity contribution in [3.8, 4) is 11.1 Å². The van der Waals surface area contributed by atoms with Gasteiger partial charge in [-0.15, -0.1) is 0 Å². The van der Waals surface area contributed by atoms with Gasteiger partial charge in [0.1, 0.15) is 0 Å². The standard InChI is InChI=1S/C78H101BN2S/c1-68(2,3)46-39-60-64-61(40-46)81(58-44-55-53(72(10,11)31-33-74(55,14)15)42-49(58)48-25-24-26-51-62(48)76(18,19)36-35-70(51,6)7)59-45-56-54(73(12,13)32-34-75(56,16)17)43-57(59)79(64)67-65(63-66(82-67)78(22,23)38-37-77(63,20)21)80(60)47-27-28-50-52(41-47)71(8,9)30-29-69(50,4)5/h24-28,39-45H,29-38H2,1-23H3. The average Bonchev–Trinajstić information content (AvgIpc) is 1.37. The Morgan fingerprint density at radius 1 is 0.378 bits per heavy atom. The molecule has 0 saturated carbocycles. The molecule has 0 saturated heterocycles. The number of hydrogen-bond acceptors (Lipinski definition) is 3. The molecule has 13 rings (SSSR count). The fourth-order valence-corrected chi connectivity index (χ4v) is 19.2. The van der Waals surface area contributed by atoms with Gasteiger partial charge in [-0.25, -0.2) is 0 Å². The van der Waals surface area contributed by atoms with Crippen molar-refractivity contribution in [1.82, 2.24) is 0 Å². The predicted octanol–water partition coefficient (Wildman–Crippen LogP) is 20.5. The van der Waals surface area contributed by atoms with E-state index < -0.39 is 0 Å². The first-order chi connectivity index (χ1) is 37.7. The van der Waals surface area contributed by atoms with E-state index in [4.69, 9.17) is 0 Å². The zero-order valence-electron chi connectivity index (χ0n) is 55.4. The van der Waals surface area contributed by atoms with Gasteiger partial charge in [-0.1, -0.05) is 190 Å². The van der Waals surface area contributed by atoms with E-state index >= 15 is 0 Å². The summed E-state index contributed by atoms with van der Waals surface area (Å²) in [5, 5.41) is 0. The first-order valence-corrected chi connectivity index (χ1v) is 33.2. The van der Waals surface area contributed by atoms with E-state index in [1.165, 1.54) is 159 Å². The molecule has 0 spiro atoms. The summed E-state index contributed by atoms with van der Waals surface area (Å²) in [4.78, 5) is 7.39. The van der Waals surface area contributed by atoms with Gasteiger partial charge in [0.25, 0.3) is 6.71 Å². The van der Waals surface area contributed by atoms with Crippen molar-refractivity contribution >= 4 is 67.9 Å². The van der Waals surface area contributed by atoms with Crippen LogP contribution < -0.4 is 25.5 Å². The summed E-state index contributed by atoms with van der Waals surface area (Å²) < 4.78 is 1.55. The van der Waals surface area contributed by atoms with Gasteiger partial charge in [-0.3, -0.25) is 0 Å². The van der Waals surface area contributed by atoms with Crippen LogP contribution in [0.25, 0.3) is 11.1 Å². The van der Waals surface area contributed by atoms with Crippen LogP contribution in [-0.4, -0.2) is 6.71 Å². The SMILES string of the molecule is CC(C)(C)c1cc2c3c(c1)N(c1ccc4c(c1)C(C)(C)CCC4(C)C)c1c(sc4c1C(C)(C)CCC4(C)C)B3c1cc3c(cc1N2c1cc2c(cc1-c1cccc4c1C(C)(C)CCC4(C)C)C(C)(C)CCC2(C)C)C(C)(C)CCC3(C)C. The smallest absolute Gasteiger partial charge is 0.264 e. The number of anilines is 6. The van der Waals surface area contributed by atoms with Crippen molar-refractivity contribution in [2.24, 2.45) is 0 Å². The van der Waals surface area contributed by atoms with E-state index in [1.54, 1.807) is 26.3 Å². The molecule has 1 aromatic heterocycles. The lowest BCUT2D eigenvalue weighted by molar-refractivity contribution is 0.331. The molecule has 4 heteroatoms. The predicted molar refractivity (Wildman–Crippen MR) is 359 cm³/mol. The van der Waals surface area contributed by atoms with Gasteiger partial charge in [0, 0.05) is 38.0 Å². The molecule has 0 bridgehead atoms. The number of nitrogens with zero attached hydrogens (tertiary/aromatic N) is 2. The molecule has 0 atom stereocenters. The van der Waals surface area contributed by atoms with E-state index in [0.29, 0.717) is 0 Å². The summed E-state index contributed by atoms with van der Waals surface area (Å²) in [5.74, 6) is 0. The van der Waals surface area contributed by atoms with Gasteiger partial charge >= 0.3 is 0 Å². The molecule has 0 N–H and O–H groups in total. The minimum Gasteiger partial charge on any atom is -0.311 e. The molecular formula is C78H101BN2S. The molecule has 0 unspecified atom stereocenters. The highest BCUT2D eigenvalue weighted by Crippen LogP contribution is 2.61. The second kappa shape index (κ2) is 17.1. The Morgan fingerprint density at radius 3 is 1.37 bits per heavy atom. The van der Waals surface area contributed by atoms with Gasteiger partial charge in [-0.05, 0) is 238 Å². The Labute approximate surface area is 502 Å². The third-order valence-corrected chi connectivity index (χ3v) is 25.4. The number of thiophene rings is 1. The van der Waals surface area contributed by atoms with E-state index in [9.17, 15) is 0 Å². The van der Waals surface area contributed by atoms with Gasteiger partial charge in [0.2, 0.25) is 0 Å². The van der Waals surface area contributed by atoms with Crippen LogP contribution >= 0.6 is 11.3 Å². The van der Waals surface area contributed by atoms with Gasteiger partial charge in [0.05, 0.1) is 11.4 Å². The molecule has 5 aromatic carbocycles. The fourth-order valence-electron chi connectivity index (χ4n) is 17.5. The lowest BCUT2D eigenvalue weighted by Crippen LogP contribution is -2.61. The monoisotopic (exact) mass is 1110 g/mol. The molecule has 2 aliphatic heterocycles. The van der Waals surface area contributed by atoms with Crippen molar-refractivity contribution in [1.29, 1.82) is 0 Å². The van der Waals surface area contributed by atoms with E-state index in [1.807, 2.05) is 0 Å². The maximum absolute atomic E-state index is 2.91. The minimum atomic E-state index is -0.142. The van der Waals surface area contributed by atoms with Crippen molar-refractivity contribution < 1.29 is 0 Å². The summed E-state index contributed by atoms with van der Waals surface area (Å²) in [6, 6.07) is 31.8. The number of fused-ring (bicyclic) bond motifs is 10. The quantitative estimate of drug-likeness (QED) is 0.163. The zero-order chi connectivity index (χ0) is 59.2. The third-order valence-electron chi connectivity index (χ3n) is 23.8. The maximum Gasteiger partial charge on any atom is 0.264 e. The molecule has 7 aliphatic rings. The molecule has 0 radical (unpaired) electrons. The molecule has 0 amide bonds. The normalized spacial score (nSPS) is 23.5. The van der Waals surface area contributed by atoms with Crippen LogP contribution in [0.1, 0.15) is 284 Å². The Morgan fingerprint density at radius 2 is 0.817 bits per heavy atom. The van der Waals surface area contributed by atoms with Crippen LogP contribution in [0.5, 0.6) is 0 Å². The lowest BCUT2D eigenvalue weighted by Gasteiger charge is -2.49. The first-order valence-electron chi connectivity index (χ1n) is 32.3. The second-order valence-corrected chi connectivity index (χ2v) is 36.5. The molecule has 432 valence electrons. The molecule has 0 fully saturated rings. The summed E-state index contributed by atoms with van der Waals surface area (Å²) in [6.45, 7) is 58.3. The molecular weight excluding hydrogens is 1010 g/mol. The summed E-state index contributed by atoms with van der Waals surface area (Å²) >= 11 is 2.19. The topological polar surface area (TPSA) is 6.48 Å². The number of hydrogen-bond donors (Lipinski definition) is 0. The zero-order valence-corrected chi connectivity index (χ0v) is 56.2. The molecule has 82 heavy (non-hydrogen) atoms.